The molecule has 0 heterocycles. The summed E-state index contributed by atoms with van der Waals surface area (Å²) >= 11 is 0. The lowest BCUT2D eigenvalue weighted by Gasteiger charge is -2.34. The minimum atomic E-state index is -5.75. The van der Waals surface area contributed by atoms with Crippen molar-refractivity contribution in [2.45, 2.75) is 39.5 Å². The Hall–Kier alpha value is -0.800. The number of hydrogen-bond acceptors (Lipinski definition) is 5. The van der Waals surface area contributed by atoms with Gasteiger partial charge < -0.3 is 13.7 Å². The van der Waals surface area contributed by atoms with E-state index in [9.17, 15) is 21.6 Å². The molecule has 0 aromatic rings. The van der Waals surface area contributed by atoms with Crippen LogP contribution in [0.1, 0.15) is 27.7 Å². The van der Waals surface area contributed by atoms with E-state index in [4.69, 9.17) is 9.47 Å². The molecule has 5 nitrogen and oxygen atoms in total. The molecule has 0 fully saturated rings. The summed E-state index contributed by atoms with van der Waals surface area (Å²) in [6, 6.07) is 0. The van der Waals surface area contributed by atoms with Crippen molar-refractivity contribution in [3.8, 4) is 0 Å². The van der Waals surface area contributed by atoms with Crippen LogP contribution in [-0.4, -0.2) is 33.4 Å². The molecule has 0 amide bonds. The van der Waals surface area contributed by atoms with Crippen LogP contribution in [0.4, 0.5) is 13.2 Å². The van der Waals surface area contributed by atoms with E-state index >= 15 is 0 Å². The number of rotatable bonds is 8. The van der Waals surface area contributed by atoms with Crippen molar-refractivity contribution in [3.05, 3.63) is 12.3 Å². The fourth-order valence-electron chi connectivity index (χ4n) is 1.19. The second kappa shape index (κ2) is 6.77. The zero-order valence-corrected chi connectivity index (χ0v) is 12.6. The molecule has 0 bridgehead atoms. The topological polar surface area (TPSA) is 61.8 Å². The summed E-state index contributed by atoms with van der Waals surface area (Å²) in [7, 11) is -5.75. The third-order valence-electron chi connectivity index (χ3n) is 2.44. The summed E-state index contributed by atoms with van der Waals surface area (Å²) in [6.07, 6.45) is -0.978. The molecule has 0 radical (unpaired) electrons. The van der Waals surface area contributed by atoms with E-state index in [2.05, 4.69) is 10.8 Å². The molecule has 0 saturated carbocycles. The van der Waals surface area contributed by atoms with Crippen LogP contribution >= 0.6 is 0 Å². The predicted molar refractivity (Wildman–Crippen MR) is 66.0 cm³/mol. The Labute approximate surface area is 116 Å². The monoisotopic (exact) mass is 320 g/mol. The van der Waals surface area contributed by atoms with Crippen LogP contribution in [-0.2, 0) is 23.8 Å². The maximum Gasteiger partial charge on any atom is 0.534 e. The van der Waals surface area contributed by atoms with Crippen molar-refractivity contribution in [1.82, 2.24) is 0 Å². The Morgan fingerprint density at radius 1 is 1.15 bits per heavy atom. The largest absolute Gasteiger partial charge is 0.534 e. The summed E-state index contributed by atoms with van der Waals surface area (Å²) in [5.74, 6) is -0.610. The molecule has 0 aliphatic rings. The van der Waals surface area contributed by atoms with E-state index in [1.54, 1.807) is 13.8 Å². The molecule has 0 N–H and O–H groups in total. The SMILES string of the molecule is C=C(OS(=O)(=O)C(F)(F)F)C(C)(C)C(OCC)OCC. The molecule has 0 rings (SSSR count). The summed E-state index contributed by atoms with van der Waals surface area (Å²) in [6.45, 7) is 9.87. The van der Waals surface area contributed by atoms with E-state index in [1.807, 2.05) is 0 Å². The van der Waals surface area contributed by atoms with Crippen molar-refractivity contribution in [1.29, 1.82) is 0 Å². The summed E-state index contributed by atoms with van der Waals surface area (Å²) in [5, 5.41) is 0. The zero-order valence-electron chi connectivity index (χ0n) is 11.8. The first-order valence-electron chi connectivity index (χ1n) is 5.83. The fraction of sp³-hybridized carbons (Fsp3) is 0.818. The van der Waals surface area contributed by atoms with Gasteiger partial charge in [0, 0.05) is 13.2 Å². The molecule has 0 atom stereocenters. The van der Waals surface area contributed by atoms with Crippen LogP contribution in [0, 0.1) is 5.41 Å². The van der Waals surface area contributed by atoms with Crippen molar-refractivity contribution in [3.63, 3.8) is 0 Å². The standard InChI is InChI=1S/C11H19F3O5S/c1-6-17-9(18-7-2)10(4,5)8(3)19-20(15,16)11(12,13)14/h9H,3,6-7H2,1-2,4-5H3. The van der Waals surface area contributed by atoms with Gasteiger partial charge in [0.15, 0.2) is 6.29 Å². The predicted octanol–water partition coefficient (Wildman–Crippen LogP) is 2.79. The minimum absolute atomic E-state index is 0.230. The van der Waals surface area contributed by atoms with Crippen molar-refractivity contribution < 1.29 is 35.2 Å². The highest BCUT2D eigenvalue weighted by Gasteiger charge is 2.50. The lowest BCUT2D eigenvalue weighted by molar-refractivity contribution is -0.189. The van der Waals surface area contributed by atoms with E-state index in [0.717, 1.165) is 0 Å². The van der Waals surface area contributed by atoms with Gasteiger partial charge in [-0.25, -0.2) is 0 Å². The highest BCUT2D eigenvalue weighted by molar-refractivity contribution is 7.87. The van der Waals surface area contributed by atoms with E-state index in [-0.39, 0.29) is 13.2 Å². The maximum atomic E-state index is 12.3. The molecule has 9 heteroatoms. The molecule has 120 valence electrons. The summed E-state index contributed by atoms with van der Waals surface area (Å²) in [4.78, 5) is 0. The number of ether oxygens (including phenoxy) is 2. The van der Waals surface area contributed by atoms with Gasteiger partial charge >= 0.3 is 15.6 Å². The van der Waals surface area contributed by atoms with Crippen LogP contribution in [0.3, 0.4) is 0 Å². The number of halogens is 3. The zero-order chi connectivity index (χ0) is 16.2. The summed E-state index contributed by atoms with van der Waals surface area (Å²) in [5.41, 5.74) is -6.80. The Balaban J connectivity index is 5.16. The maximum absolute atomic E-state index is 12.3. The first-order chi connectivity index (χ1) is 8.90. The third kappa shape index (κ3) is 4.64. The lowest BCUT2D eigenvalue weighted by atomic mass is 9.90. The first kappa shape index (κ1) is 19.2. The number of hydrogen-bond donors (Lipinski definition) is 0. The molecule has 0 aromatic heterocycles. The molecule has 0 aliphatic heterocycles. The van der Waals surface area contributed by atoms with Gasteiger partial charge in [0.2, 0.25) is 0 Å². The van der Waals surface area contributed by atoms with Gasteiger partial charge in [0.25, 0.3) is 0 Å². The highest BCUT2D eigenvalue weighted by atomic mass is 32.2. The van der Waals surface area contributed by atoms with Gasteiger partial charge in [-0.3, -0.25) is 0 Å². The average Bonchev–Trinajstić information content (AvgIpc) is 2.26. The van der Waals surface area contributed by atoms with Crippen molar-refractivity contribution in [2.24, 2.45) is 5.41 Å². The van der Waals surface area contributed by atoms with Crippen molar-refractivity contribution >= 4 is 10.1 Å². The van der Waals surface area contributed by atoms with Gasteiger partial charge in [0.1, 0.15) is 5.76 Å². The highest BCUT2D eigenvalue weighted by Crippen LogP contribution is 2.36. The Morgan fingerprint density at radius 3 is 1.85 bits per heavy atom. The smallest absolute Gasteiger partial charge is 0.380 e. The Morgan fingerprint density at radius 2 is 1.55 bits per heavy atom. The lowest BCUT2D eigenvalue weighted by Crippen LogP contribution is -2.38. The third-order valence-corrected chi connectivity index (χ3v) is 3.43. The first-order valence-corrected chi connectivity index (χ1v) is 7.24. The molecule has 0 unspecified atom stereocenters. The minimum Gasteiger partial charge on any atom is -0.380 e. The van der Waals surface area contributed by atoms with Gasteiger partial charge in [-0.15, -0.1) is 0 Å². The van der Waals surface area contributed by atoms with Crippen LogP contribution in [0.15, 0.2) is 12.3 Å². The number of alkyl halides is 3. The van der Waals surface area contributed by atoms with Gasteiger partial charge in [-0.2, -0.15) is 21.6 Å². The Bertz CT molecular complexity index is 422. The fourth-order valence-corrected chi connectivity index (χ4v) is 1.76. The molecule has 20 heavy (non-hydrogen) atoms. The van der Waals surface area contributed by atoms with Gasteiger partial charge in [-0.05, 0) is 27.7 Å². The quantitative estimate of drug-likeness (QED) is 0.298. The average molecular weight is 320 g/mol. The van der Waals surface area contributed by atoms with Crippen LogP contribution < -0.4 is 0 Å². The second-order valence-corrected chi connectivity index (χ2v) is 5.91. The second-order valence-electron chi connectivity index (χ2n) is 4.37. The van der Waals surface area contributed by atoms with Crippen LogP contribution in [0.25, 0.3) is 0 Å². The summed E-state index contributed by atoms with van der Waals surface area (Å²) < 4.78 is 73.2. The van der Waals surface area contributed by atoms with Crippen molar-refractivity contribution in [2.75, 3.05) is 13.2 Å². The molecule has 0 spiro atoms. The molecule has 0 aliphatic carbocycles. The molecular formula is C11H19F3O5S. The van der Waals surface area contributed by atoms with E-state index in [1.165, 1.54) is 13.8 Å². The van der Waals surface area contributed by atoms with E-state index in [0.29, 0.717) is 0 Å². The van der Waals surface area contributed by atoms with Crippen LogP contribution in [0.5, 0.6) is 0 Å². The van der Waals surface area contributed by atoms with Gasteiger partial charge in [-0.1, -0.05) is 6.58 Å². The normalized spacial score (nSPS) is 13.6. The molecular weight excluding hydrogens is 301 g/mol. The van der Waals surface area contributed by atoms with E-state index < -0.39 is 33.1 Å². The molecule has 0 saturated heterocycles. The Kier molecular flexibility index (Phi) is 6.50. The molecule has 0 aromatic carbocycles. The van der Waals surface area contributed by atoms with Gasteiger partial charge in [0.05, 0.1) is 5.41 Å². The van der Waals surface area contributed by atoms with Crippen LogP contribution in [0.2, 0.25) is 0 Å².